The average molecular weight is 439 g/mol. The van der Waals surface area contributed by atoms with Crippen LogP contribution in [0.4, 0.5) is 0 Å². The van der Waals surface area contributed by atoms with Gasteiger partial charge in [0.1, 0.15) is 6.10 Å². The summed E-state index contributed by atoms with van der Waals surface area (Å²) in [5.41, 5.74) is 0. The third-order valence-corrected chi connectivity index (χ3v) is 6.93. The summed E-state index contributed by atoms with van der Waals surface area (Å²) in [5.74, 6) is 0.581. The molecule has 2 heteroatoms. The van der Waals surface area contributed by atoms with E-state index in [1.807, 2.05) is 0 Å². The monoisotopic (exact) mass is 438 g/mol. The zero-order valence-corrected chi connectivity index (χ0v) is 22.0. The van der Waals surface area contributed by atoms with Gasteiger partial charge in [0.2, 0.25) is 0 Å². The van der Waals surface area contributed by atoms with Gasteiger partial charge in [-0.05, 0) is 38.0 Å². The summed E-state index contributed by atoms with van der Waals surface area (Å²) in [6.45, 7) is 9.02. The first-order valence-corrected chi connectivity index (χ1v) is 14.4. The lowest BCUT2D eigenvalue weighted by molar-refractivity contribution is -0.152. The summed E-state index contributed by atoms with van der Waals surface area (Å²) >= 11 is 0. The van der Waals surface area contributed by atoms with E-state index < -0.39 is 0 Å². The molecule has 0 fully saturated rings. The molecular weight excluding hydrogens is 380 g/mol. The Morgan fingerprint density at radius 3 is 1.35 bits per heavy atom. The van der Waals surface area contributed by atoms with Gasteiger partial charge in [-0.3, -0.25) is 4.79 Å². The molecule has 0 aliphatic carbocycles. The molecule has 1 atom stereocenters. The van der Waals surface area contributed by atoms with E-state index in [1.165, 1.54) is 109 Å². The molecule has 0 N–H and O–H groups in total. The van der Waals surface area contributed by atoms with Crippen LogP contribution in [0.2, 0.25) is 0 Å². The third-order valence-electron chi connectivity index (χ3n) is 6.93. The summed E-state index contributed by atoms with van der Waals surface area (Å²) in [5, 5.41) is 0. The van der Waals surface area contributed by atoms with E-state index in [9.17, 15) is 4.79 Å². The zero-order valence-electron chi connectivity index (χ0n) is 22.0. The van der Waals surface area contributed by atoms with Crippen LogP contribution in [0, 0.1) is 5.92 Å². The smallest absolute Gasteiger partial charge is 0.306 e. The van der Waals surface area contributed by atoms with Gasteiger partial charge in [-0.2, -0.15) is 0 Å². The minimum Gasteiger partial charge on any atom is -0.462 e. The predicted octanol–water partition coefficient (Wildman–Crippen LogP) is 10.2. The minimum atomic E-state index is 0.0516. The van der Waals surface area contributed by atoms with E-state index in [0.29, 0.717) is 12.3 Å². The summed E-state index contributed by atoms with van der Waals surface area (Å²) < 4.78 is 5.99. The van der Waals surface area contributed by atoms with Crippen molar-refractivity contribution in [3.05, 3.63) is 0 Å². The molecule has 0 aromatic carbocycles. The molecule has 0 saturated heterocycles. The van der Waals surface area contributed by atoms with Crippen LogP contribution >= 0.6 is 0 Å². The second kappa shape index (κ2) is 24.1. The van der Waals surface area contributed by atoms with Crippen LogP contribution in [0.25, 0.3) is 0 Å². The Bertz CT molecular complexity index is 362. The lowest BCUT2D eigenvalue weighted by Crippen LogP contribution is -2.26. The van der Waals surface area contributed by atoms with Crippen molar-refractivity contribution < 1.29 is 9.53 Å². The number of carbonyl (C=O) groups is 1. The first-order valence-electron chi connectivity index (χ1n) is 14.4. The van der Waals surface area contributed by atoms with Gasteiger partial charge in [0.15, 0.2) is 0 Å². The zero-order chi connectivity index (χ0) is 23.0. The topological polar surface area (TPSA) is 26.3 Å². The lowest BCUT2D eigenvalue weighted by Gasteiger charge is -2.25. The molecule has 0 aliphatic heterocycles. The molecule has 0 saturated carbocycles. The van der Waals surface area contributed by atoms with Gasteiger partial charge in [0, 0.05) is 6.42 Å². The highest BCUT2D eigenvalue weighted by Gasteiger charge is 2.22. The minimum absolute atomic E-state index is 0.0516. The van der Waals surface area contributed by atoms with Crippen molar-refractivity contribution in [1.29, 1.82) is 0 Å². The lowest BCUT2D eigenvalue weighted by atomic mass is 9.92. The highest BCUT2D eigenvalue weighted by Crippen LogP contribution is 2.23. The largest absolute Gasteiger partial charge is 0.462 e. The molecule has 0 amide bonds. The van der Waals surface area contributed by atoms with Gasteiger partial charge in [-0.15, -0.1) is 0 Å². The molecule has 31 heavy (non-hydrogen) atoms. The maximum absolute atomic E-state index is 12.4. The Kier molecular flexibility index (Phi) is 23.7. The van der Waals surface area contributed by atoms with Gasteiger partial charge in [-0.1, -0.05) is 130 Å². The molecule has 0 aliphatic rings. The van der Waals surface area contributed by atoms with Crippen molar-refractivity contribution in [3.63, 3.8) is 0 Å². The van der Waals surface area contributed by atoms with Crippen molar-refractivity contribution >= 4 is 5.97 Å². The average Bonchev–Trinajstić information content (AvgIpc) is 2.77. The van der Waals surface area contributed by atoms with Crippen molar-refractivity contribution in [2.45, 2.75) is 175 Å². The SMILES string of the molecule is CCCCCCCCCCCCCC(=O)OC(CCCCCCCCC)C(CC)CC. The Hall–Kier alpha value is -0.530. The van der Waals surface area contributed by atoms with Crippen LogP contribution in [0.1, 0.15) is 169 Å². The molecule has 0 spiro atoms. The normalized spacial score (nSPS) is 12.4. The second-order valence-corrected chi connectivity index (χ2v) is 9.80. The van der Waals surface area contributed by atoms with Crippen molar-refractivity contribution in [1.82, 2.24) is 0 Å². The fraction of sp³-hybridized carbons (Fsp3) is 0.966. The number of rotatable bonds is 24. The molecule has 2 nitrogen and oxygen atoms in total. The van der Waals surface area contributed by atoms with Crippen molar-refractivity contribution in [2.75, 3.05) is 0 Å². The predicted molar refractivity (Wildman–Crippen MR) is 138 cm³/mol. The molecule has 1 unspecified atom stereocenters. The van der Waals surface area contributed by atoms with Crippen LogP contribution in [0.5, 0.6) is 0 Å². The van der Waals surface area contributed by atoms with E-state index in [4.69, 9.17) is 4.74 Å². The Balaban J connectivity index is 3.86. The maximum atomic E-state index is 12.4. The van der Waals surface area contributed by atoms with Gasteiger partial charge >= 0.3 is 5.97 Å². The molecule has 0 heterocycles. The highest BCUT2D eigenvalue weighted by molar-refractivity contribution is 5.69. The van der Waals surface area contributed by atoms with Gasteiger partial charge < -0.3 is 4.74 Å². The second-order valence-electron chi connectivity index (χ2n) is 9.80. The number of unbranched alkanes of at least 4 members (excludes halogenated alkanes) is 16. The number of ether oxygens (including phenoxy) is 1. The number of carbonyl (C=O) groups excluding carboxylic acids is 1. The quantitative estimate of drug-likeness (QED) is 0.111. The Labute approximate surface area is 196 Å². The van der Waals surface area contributed by atoms with Gasteiger partial charge in [-0.25, -0.2) is 0 Å². The van der Waals surface area contributed by atoms with Crippen LogP contribution in [-0.2, 0) is 9.53 Å². The summed E-state index contributed by atoms with van der Waals surface area (Å²) in [6, 6.07) is 0. The summed E-state index contributed by atoms with van der Waals surface area (Å²) in [6.07, 6.45) is 27.8. The van der Waals surface area contributed by atoms with Crippen LogP contribution in [-0.4, -0.2) is 12.1 Å². The van der Waals surface area contributed by atoms with Crippen LogP contribution in [0.3, 0.4) is 0 Å². The van der Waals surface area contributed by atoms with E-state index in [1.54, 1.807) is 0 Å². The molecule has 0 aromatic rings. The van der Waals surface area contributed by atoms with E-state index in [-0.39, 0.29) is 12.1 Å². The molecule has 186 valence electrons. The molecule has 0 radical (unpaired) electrons. The fourth-order valence-corrected chi connectivity index (χ4v) is 4.67. The number of esters is 1. The first-order chi connectivity index (χ1) is 15.2. The maximum Gasteiger partial charge on any atom is 0.306 e. The van der Waals surface area contributed by atoms with E-state index in [0.717, 1.165) is 25.7 Å². The summed E-state index contributed by atoms with van der Waals surface area (Å²) in [4.78, 5) is 12.4. The molecule has 0 aromatic heterocycles. The molecular formula is C29H58O2. The van der Waals surface area contributed by atoms with Crippen molar-refractivity contribution in [3.8, 4) is 0 Å². The van der Waals surface area contributed by atoms with Crippen molar-refractivity contribution in [2.24, 2.45) is 5.92 Å². The third kappa shape index (κ3) is 19.9. The Morgan fingerprint density at radius 2 is 0.935 bits per heavy atom. The fourth-order valence-electron chi connectivity index (χ4n) is 4.67. The molecule has 0 bridgehead atoms. The number of hydrogen-bond acceptors (Lipinski definition) is 2. The van der Waals surface area contributed by atoms with E-state index in [2.05, 4.69) is 27.7 Å². The highest BCUT2D eigenvalue weighted by atomic mass is 16.5. The first kappa shape index (κ1) is 30.5. The standard InChI is InChI=1S/C29H58O2/c1-5-9-11-13-15-16-17-18-20-22-24-26-29(30)31-28(27(7-3)8-4)25-23-21-19-14-12-10-6-2/h27-28H,5-26H2,1-4H3. The van der Waals surface area contributed by atoms with Crippen LogP contribution < -0.4 is 0 Å². The van der Waals surface area contributed by atoms with Crippen LogP contribution in [0.15, 0.2) is 0 Å². The van der Waals surface area contributed by atoms with Gasteiger partial charge in [0.05, 0.1) is 0 Å². The number of hydrogen-bond donors (Lipinski definition) is 0. The van der Waals surface area contributed by atoms with Gasteiger partial charge in [0.25, 0.3) is 0 Å². The Morgan fingerprint density at radius 1 is 0.548 bits per heavy atom. The molecule has 0 rings (SSSR count). The summed E-state index contributed by atoms with van der Waals surface area (Å²) in [7, 11) is 0. The van der Waals surface area contributed by atoms with E-state index >= 15 is 0 Å².